The maximum absolute atomic E-state index is 13.9. The van der Waals surface area contributed by atoms with Gasteiger partial charge in [0.15, 0.2) is 5.83 Å². The number of nitrogens with zero attached hydrogens (tertiary/aromatic N) is 6. The van der Waals surface area contributed by atoms with E-state index in [4.69, 9.17) is 16.3 Å². The van der Waals surface area contributed by atoms with Crippen molar-refractivity contribution in [2.24, 2.45) is 5.92 Å². The molecule has 2 aromatic carbocycles. The zero-order chi connectivity index (χ0) is 31.6. The number of amides is 1. The first-order valence-electron chi connectivity index (χ1n) is 16.5. The first-order chi connectivity index (χ1) is 22.4. The molecule has 2 aliphatic carbocycles. The first-order valence-corrected chi connectivity index (χ1v) is 16.5. The van der Waals surface area contributed by atoms with Crippen LogP contribution in [0.3, 0.4) is 0 Å². The van der Waals surface area contributed by atoms with Crippen LogP contribution in [0.2, 0.25) is 0 Å². The van der Waals surface area contributed by atoms with E-state index < -0.39 is 17.8 Å². The molecule has 0 spiro atoms. The Bertz CT molecular complexity index is 1850. The van der Waals surface area contributed by atoms with Crippen molar-refractivity contribution in [2.75, 3.05) is 50.8 Å². The summed E-state index contributed by atoms with van der Waals surface area (Å²) < 4.78 is 20.5. The number of ether oxygens (including phenoxy) is 1. The number of fused-ring (bicyclic) bond motifs is 5. The fourth-order valence-electron chi connectivity index (χ4n) is 8.92. The van der Waals surface area contributed by atoms with Gasteiger partial charge in [-0.15, -0.1) is 0 Å². The van der Waals surface area contributed by atoms with Crippen LogP contribution in [0.5, 0.6) is 5.88 Å². The first kappa shape index (κ1) is 29.0. The van der Waals surface area contributed by atoms with Crippen LogP contribution in [0.25, 0.3) is 26.9 Å². The van der Waals surface area contributed by atoms with E-state index in [1.54, 1.807) is 0 Å². The molecule has 5 aliphatic rings. The molecule has 2 unspecified atom stereocenters. The number of anilines is 1. The highest BCUT2D eigenvalue weighted by Crippen LogP contribution is 2.58. The highest BCUT2D eigenvalue weighted by atomic mass is 19.1. The van der Waals surface area contributed by atoms with Crippen molar-refractivity contribution >= 4 is 22.5 Å². The average molecular weight is 617 g/mol. The minimum atomic E-state index is -1.03. The topological polar surface area (TPSA) is 77.1 Å². The van der Waals surface area contributed by atoms with Crippen LogP contribution in [0.15, 0.2) is 48.8 Å². The molecule has 8 rings (SSSR count). The van der Waals surface area contributed by atoms with E-state index in [9.17, 15) is 14.4 Å². The normalized spacial score (nSPS) is 24.2. The Morgan fingerprint density at radius 1 is 1.20 bits per heavy atom. The monoisotopic (exact) mass is 616 g/mol. The fourth-order valence-corrected chi connectivity index (χ4v) is 8.92. The van der Waals surface area contributed by atoms with Crippen LogP contribution in [0, 0.1) is 23.8 Å². The summed E-state index contributed by atoms with van der Waals surface area (Å²) in [6.45, 7) is 14.2. The average Bonchev–Trinajstić information content (AvgIpc) is 3.35. The van der Waals surface area contributed by atoms with Crippen molar-refractivity contribution in [3.8, 4) is 23.1 Å². The van der Waals surface area contributed by atoms with Gasteiger partial charge in [0.1, 0.15) is 24.3 Å². The number of carbonyl (C=O) groups is 1. The van der Waals surface area contributed by atoms with E-state index in [0.717, 1.165) is 67.6 Å². The van der Waals surface area contributed by atoms with Crippen molar-refractivity contribution in [3.63, 3.8) is 0 Å². The maximum Gasteiger partial charge on any atom is 0.282 e. The second-order valence-electron chi connectivity index (χ2n) is 13.7. The number of hydrogen-bond donors (Lipinski definition) is 0. The molecule has 3 saturated heterocycles. The quantitative estimate of drug-likeness (QED) is 0.245. The van der Waals surface area contributed by atoms with E-state index in [-0.39, 0.29) is 25.2 Å². The highest BCUT2D eigenvalue weighted by molar-refractivity contribution is 5.98. The SMILES string of the molecule is [C-]#[N+]C[C@H]1CN(c2c(C#N)c(OCC34CCCN3CCC4)nc3cc(-c4cccc5c4C4CC4C5)ccc23)CCN1C(=O)C(=C)F. The van der Waals surface area contributed by atoms with Crippen molar-refractivity contribution in [3.05, 3.63) is 76.9 Å². The third-order valence-corrected chi connectivity index (χ3v) is 11.2. The Balaban J connectivity index is 1.23. The smallest absolute Gasteiger partial charge is 0.282 e. The summed E-state index contributed by atoms with van der Waals surface area (Å²) >= 11 is 0. The molecular weight excluding hydrogens is 579 g/mol. The Kier molecular flexibility index (Phi) is 6.99. The van der Waals surface area contributed by atoms with Crippen LogP contribution >= 0.6 is 0 Å². The molecule has 46 heavy (non-hydrogen) atoms. The molecule has 3 aromatic rings. The summed E-state index contributed by atoms with van der Waals surface area (Å²) in [5.41, 5.74) is 7.05. The Hall–Kier alpha value is -4.47. The Labute approximate surface area is 268 Å². The van der Waals surface area contributed by atoms with E-state index in [1.807, 2.05) is 0 Å². The zero-order valence-corrected chi connectivity index (χ0v) is 26.0. The predicted octanol–water partition coefficient (Wildman–Crippen LogP) is 5.86. The maximum atomic E-state index is 13.9. The van der Waals surface area contributed by atoms with Crippen LogP contribution < -0.4 is 9.64 Å². The molecule has 4 heterocycles. The van der Waals surface area contributed by atoms with Crippen molar-refractivity contribution in [1.82, 2.24) is 14.8 Å². The van der Waals surface area contributed by atoms with E-state index in [1.165, 1.54) is 28.0 Å². The molecule has 0 radical (unpaired) electrons. The number of nitriles is 1. The molecule has 9 heteroatoms. The van der Waals surface area contributed by atoms with Crippen LogP contribution in [-0.2, 0) is 11.2 Å². The molecule has 4 fully saturated rings. The van der Waals surface area contributed by atoms with Crippen molar-refractivity contribution in [1.29, 1.82) is 5.26 Å². The molecule has 1 saturated carbocycles. The second-order valence-corrected chi connectivity index (χ2v) is 13.7. The van der Waals surface area contributed by atoms with Gasteiger partial charge in [0.25, 0.3) is 5.91 Å². The van der Waals surface area contributed by atoms with Gasteiger partial charge in [-0.1, -0.05) is 36.9 Å². The summed E-state index contributed by atoms with van der Waals surface area (Å²) in [5, 5.41) is 11.5. The van der Waals surface area contributed by atoms with Crippen LogP contribution in [0.4, 0.5) is 10.1 Å². The Morgan fingerprint density at radius 2 is 2.02 bits per heavy atom. The lowest BCUT2D eigenvalue weighted by Crippen LogP contribution is -2.56. The van der Waals surface area contributed by atoms with Gasteiger partial charge in [-0.3, -0.25) is 9.69 Å². The fraction of sp³-hybridized carbons (Fsp3) is 0.459. The second kappa shape index (κ2) is 11.1. The molecular formula is C37H37FN6O2. The van der Waals surface area contributed by atoms with Gasteiger partial charge in [0.2, 0.25) is 12.4 Å². The minimum Gasteiger partial charge on any atom is -0.475 e. The third-order valence-electron chi connectivity index (χ3n) is 11.2. The van der Waals surface area contributed by atoms with Crippen molar-refractivity contribution in [2.45, 2.75) is 56.0 Å². The highest BCUT2D eigenvalue weighted by Gasteiger charge is 2.47. The van der Waals surface area contributed by atoms with Gasteiger partial charge in [-0.25, -0.2) is 15.9 Å². The molecule has 3 atom stereocenters. The summed E-state index contributed by atoms with van der Waals surface area (Å²) in [6, 6.07) is 14.8. The lowest BCUT2D eigenvalue weighted by molar-refractivity contribution is -0.131. The number of hydrogen-bond acceptors (Lipinski definition) is 6. The van der Waals surface area contributed by atoms with Gasteiger partial charge in [0.05, 0.1) is 16.7 Å². The lowest BCUT2D eigenvalue weighted by Gasteiger charge is -2.40. The van der Waals surface area contributed by atoms with E-state index in [2.05, 4.69) is 63.7 Å². The number of carbonyl (C=O) groups excluding carboxylic acids is 1. The Morgan fingerprint density at radius 3 is 2.78 bits per heavy atom. The molecule has 1 aromatic heterocycles. The third kappa shape index (κ3) is 4.63. The predicted molar refractivity (Wildman–Crippen MR) is 174 cm³/mol. The van der Waals surface area contributed by atoms with Crippen LogP contribution in [-0.4, -0.2) is 78.1 Å². The molecule has 0 bridgehead atoms. The van der Waals surface area contributed by atoms with E-state index in [0.29, 0.717) is 36.2 Å². The summed E-state index contributed by atoms with van der Waals surface area (Å²) in [4.78, 5) is 27.2. The molecule has 3 aliphatic heterocycles. The lowest BCUT2D eigenvalue weighted by atomic mass is 9.93. The summed E-state index contributed by atoms with van der Waals surface area (Å²) in [5.74, 6) is -0.0754. The van der Waals surface area contributed by atoms with Gasteiger partial charge >= 0.3 is 0 Å². The molecule has 8 nitrogen and oxygen atoms in total. The molecule has 1 amide bonds. The number of benzene rings is 2. The number of pyridine rings is 1. The number of aromatic nitrogens is 1. The van der Waals surface area contributed by atoms with Gasteiger partial charge in [-0.05, 0) is 91.8 Å². The van der Waals surface area contributed by atoms with Gasteiger partial charge < -0.3 is 19.4 Å². The largest absolute Gasteiger partial charge is 0.475 e. The minimum absolute atomic E-state index is 0.0156. The molecule has 234 valence electrons. The summed E-state index contributed by atoms with van der Waals surface area (Å²) in [7, 11) is 0. The standard InChI is InChI=1S/C37H37FN6O2/c1-23(38)36(45)44-15-14-42(21-27(44)20-40-2)34-29-9-8-24(28-7-3-6-25-16-26-17-30(26)33(25)28)18-32(29)41-35(31(34)19-39)46-22-37-10-4-12-43(37)13-5-11-37/h3,6-9,18,26-27,30H,1,4-5,10-17,20-22H2/t26?,27-,30?/m0/s1. The number of rotatable bonds is 7. The zero-order valence-electron chi connectivity index (χ0n) is 26.0. The number of piperazine rings is 1. The molecule has 0 N–H and O–H groups in total. The van der Waals surface area contributed by atoms with E-state index >= 15 is 0 Å². The van der Waals surface area contributed by atoms with Gasteiger partial charge in [0, 0.05) is 25.0 Å². The number of halogens is 1. The summed E-state index contributed by atoms with van der Waals surface area (Å²) in [6.07, 6.45) is 6.87. The van der Waals surface area contributed by atoms with Crippen LogP contribution in [0.1, 0.15) is 54.7 Å². The van der Waals surface area contributed by atoms with Gasteiger partial charge in [-0.2, -0.15) is 5.26 Å². The van der Waals surface area contributed by atoms with Crippen molar-refractivity contribution < 1.29 is 13.9 Å².